The molecule has 2 heterocycles. The zero-order valence-electron chi connectivity index (χ0n) is 10.6. The molecule has 2 aromatic heterocycles. The van der Waals surface area contributed by atoms with Crippen LogP contribution in [0, 0.1) is 6.92 Å². The largest absolute Gasteiger partial charge is 0.354 e. The Labute approximate surface area is 115 Å². The van der Waals surface area contributed by atoms with E-state index in [0.717, 1.165) is 0 Å². The number of fused-ring (bicyclic) bond motifs is 3. The van der Waals surface area contributed by atoms with Gasteiger partial charge in [-0.1, -0.05) is 36.4 Å². The molecule has 0 atom stereocenters. The molecule has 0 aliphatic heterocycles. The fourth-order valence-electron chi connectivity index (χ4n) is 2.65. The minimum atomic E-state index is 1.21. The molecule has 0 spiro atoms. The molecule has 4 aromatic rings. The molecule has 0 amide bonds. The van der Waals surface area contributed by atoms with Gasteiger partial charge in [0.2, 0.25) is 0 Å². The van der Waals surface area contributed by atoms with Gasteiger partial charge in [0.05, 0.1) is 5.52 Å². The number of hydrogen-bond acceptors (Lipinski definition) is 1. The van der Waals surface area contributed by atoms with Crippen LogP contribution < -0.4 is 0 Å². The summed E-state index contributed by atoms with van der Waals surface area (Å²) in [5.41, 5.74) is 5.07. The van der Waals surface area contributed by atoms with Gasteiger partial charge in [0, 0.05) is 26.7 Å². The third kappa shape index (κ3) is 1.60. The molecule has 0 bridgehead atoms. The Morgan fingerprint density at radius 3 is 2.63 bits per heavy atom. The molecule has 0 aliphatic carbocycles. The van der Waals surface area contributed by atoms with E-state index in [-0.39, 0.29) is 0 Å². The van der Waals surface area contributed by atoms with E-state index >= 15 is 0 Å². The highest BCUT2D eigenvalue weighted by molar-refractivity contribution is 7.13. The number of benzene rings is 2. The minimum Gasteiger partial charge on any atom is -0.354 e. The maximum absolute atomic E-state index is 3.56. The van der Waals surface area contributed by atoms with E-state index in [1.165, 1.54) is 37.8 Å². The lowest BCUT2D eigenvalue weighted by molar-refractivity contribution is 1.53. The molecular formula is C17H13NS. The normalized spacial score (nSPS) is 11.4. The standard InChI is InChI=1S/C17H13NS/c1-11-9-16(19-10-11)14-7-4-6-13-12-5-2-3-8-15(12)18-17(13)14/h2-10,18H,1H3. The van der Waals surface area contributed by atoms with Crippen LogP contribution >= 0.6 is 11.3 Å². The van der Waals surface area contributed by atoms with E-state index in [9.17, 15) is 0 Å². The number of nitrogens with one attached hydrogen (secondary N) is 1. The highest BCUT2D eigenvalue weighted by atomic mass is 32.1. The predicted octanol–water partition coefficient (Wildman–Crippen LogP) is 5.36. The molecule has 0 saturated carbocycles. The van der Waals surface area contributed by atoms with Gasteiger partial charge in [-0.15, -0.1) is 11.3 Å². The van der Waals surface area contributed by atoms with Crippen molar-refractivity contribution in [3.63, 3.8) is 0 Å². The van der Waals surface area contributed by atoms with Crippen molar-refractivity contribution in [3.8, 4) is 10.4 Å². The molecule has 0 radical (unpaired) electrons. The van der Waals surface area contributed by atoms with E-state index in [0.29, 0.717) is 0 Å². The molecule has 0 saturated heterocycles. The maximum atomic E-state index is 3.56. The van der Waals surface area contributed by atoms with E-state index in [4.69, 9.17) is 0 Å². The van der Waals surface area contributed by atoms with Gasteiger partial charge in [-0.25, -0.2) is 0 Å². The van der Waals surface area contributed by atoms with Gasteiger partial charge in [-0.2, -0.15) is 0 Å². The van der Waals surface area contributed by atoms with E-state index in [1.807, 2.05) is 11.3 Å². The third-order valence-electron chi connectivity index (χ3n) is 3.54. The Hall–Kier alpha value is -2.06. The Morgan fingerprint density at radius 1 is 0.947 bits per heavy atom. The number of aryl methyl sites for hydroxylation is 1. The summed E-state index contributed by atoms with van der Waals surface area (Å²) in [6.45, 7) is 2.14. The minimum absolute atomic E-state index is 1.21. The SMILES string of the molecule is Cc1csc(-c2cccc3c2[nH]c2ccccc23)c1. The van der Waals surface area contributed by atoms with Crippen molar-refractivity contribution in [3.05, 3.63) is 59.5 Å². The second-order valence-electron chi connectivity index (χ2n) is 4.89. The lowest BCUT2D eigenvalue weighted by Crippen LogP contribution is -1.75. The van der Waals surface area contributed by atoms with E-state index in [2.05, 4.69) is 65.8 Å². The molecule has 1 N–H and O–H groups in total. The molecule has 19 heavy (non-hydrogen) atoms. The van der Waals surface area contributed by atoms with Gasteiger partial charge < -0.3 is 4.98 Å². The first-order valence-electron chi connectivity index (χ1n) is 6.38. The molecule has 4 rings (SSSR count). The number of rotatable bonds is 1. The smallest absolute Gasteiger partial charge is 0.0552 e. The molecule has 0 unspecified atom stereocenters. The van der Waals surface area contributed by atoms with Gasteiger partial charge >= 0.3 is 0 Å². The molecular weight excluding hydrogens is 250 g/mol. The first-order valence-corrected chi connectivity index (χ1v) is 7.26. The summed E-state index contributed by atoms with van der Waals surface area (Å²) in [5, 5.41) is 4.81. The van der Waals surface area contributed by atoms with Gasteiger partial charge in [0.25, 0.3) is 0 Å². The summed E-state index contributed by atoms with van der Waals surface area (Å²) in [6, 6.07) is 17.3. The maximum Gasteiger partial charge on any atom is 0.0552 e. The highest BCUT2D eigenvalue weighted by Gasteiger charge is 2.09. The van der Waals surface area contributed by atoms with Crippen LogP contribution in [-0.2, 0) is 0 Å². The average Bonchev–Trinajstić information content (AvgIpc) is 3.02. The van der Waals surface area contributed by atoms with Crippen molar-refractivity contribution in [1.82, 2.24) is 4.98 Å². The average molecular weight is 263 g/mol. The summed E-state index contributed by atoms with van der Waals surface area (Å²) in [7, 11) is 0. The van der Waals surface area contributed by atoms with Gasteiger partial charge in [0.1, 0.15) is 0 Å². The van der Waals surface area contributed by atoms with Crippen molar-refractivity contribution in [2.75, 3.05) is 0 Å². The van der Waals surface area contributed by atoms with Gasteiger partial charge in [-0.05, 0) is 30.0 Å². The summed E-state index contributed by atoms with van der Waals surface area (Å²) in [4.78, 5) is 4.89. The quantitative estimate of drug-likeness (QED) is 0.476. The summed E-state index contributed by atoms with van der Waals surface area (Å²) in [5.74, 6) is 0. The van der Waals surface area contributed by atoms with Crippen LogP contribution in [0.1, 0.15) is 5.56 Å². The molecule has 2 heteroatoms. The Kier molecular flexibility index (Phi) is 2.26. The van der Waals surface area contributed by atoms with Crippen molar-refractivity contribution in [2.45, 2.75) is 6.92 Å². The van der Waals surface area contributed by atoms with Gasteiger partial charge in [-0.3, -0.25) is 0 Å². The molecule has 2 aromatic carbocycles. The first kappa shape index (κ1) is 10.8. The number of thiophene rings is 1. The Balaban J connectivity index is 2.12. The fraction of sp³-hybridized carbons (Fsp3) is 0.0588. The summed E-state index contributed by atoms with van der Waals surface area (Å²) in [6.07, 6.45) is 0. The molecule has 0 aliphatic rings. The number of H-pyrrole nitrogens is 1. The monoisotopic (exact) mass is 263 g/mol. The van der Waals surface area contributed by atoms with Crippen LogP contribution in [0.5, 0.6) is 0 Å². The second kappa shape index (κ2) is 3.97. The summed E-state index contributed by atoms with van der Waals surface area (Å²) < 4.78 is 0. The van der Waals surface area contributed by atoms with Gasteiger partial charge in [0.15, 0.2) is 0 Å². The Bertz CT molecular complexity index is 882. The Morgan fingerprint density at radius 2 is 1.79 bits per heavy atom. The van der Waals surface area contributed by atoms with Crippen LogP contribution in [0.3, 0.4) is 0 Å². The molecule has 92 valence electrons. The fourth-order valence-corrected chi connectivity index (χ4v) is 3.58. The van der Waals surface area contributed by atoms with Crippen LogP contribution in [0.25, 0.3) is 32.2 Å². The van der Waals surface area contributed by atoms with Crippen LogP contribution in [-0.4, -0.2) is 4.98 Å². The lowest BCUT2D eigenvalue weighted by atomic mass is 10.1. The number of hydrogen-bond donors (Lipinski definition) is 1. The predicted molar refractivity (Wildman–Crippen MR) is 83.9 cm³/mol. The van der Waals surface area contributed by atoms with E-state index in [1.54, 1.807) is 0 Å². The third-order valence-corrected chi connectivity index (χ3v) is 4.62. The number of para-hydroxylation sites is 2. The van der Waals surface area contributed by atoms with Crippen LogP contribution in [0.4, 0.5) is 0 Å². The van der Waals surface area contributed by atoms with Crippen molar-refractivity contribution >= 4 is 33.1 Å². The second-order valence-corrected chi connectivity index (χ2v) is 5.80. The van der Waals surface area contributed by atoms with Crippen molar-refractivity contribution in [2.24, 2.45) is 0 Å². The first-order chi connectivity index (χ1) is 9.33. The zero-order valence-corrected chi connectivity index (χ0v) is 11.4. The van der Waals surface area contributed by atoms with Crippen molar-refractivity contribution in [1.29, 1.82) is 0 Å². The highest BCUT2D eigenvalue weighted by Crippen LogP contribution is 2.35. The zero-order chi connectivity index (χ0) is 12.8. The lowest BCUT2D eigenvalue weighted by Gasteiger charge is -1.99. The van der Waals surface area contributed by atoms with Crippen LogP contribution in [0.2, 0.25) is 0 Å². The topological polar surface area (TPSA) is 15.8 Å². The van der Waals surface area contributed by atoms with Crippen LogP contribution in [0.15, 0.2) is 53.9 Å². The summed E-state index contributed by atoms with van der Waals surface area (Å²) >= 11 is 1.81. The number of aromatic nitrogens is 1. The molecule has 1 nitrogen and oxygen atoms in total. The molecule has 0 fully saturated rings. The van der Waals surface area contributed by atoms with E-state index < -0.39 is 0 Å². The van der Waals surface area contributed by atoms with Crippen molar-refractivity contribution < 1.29 is 0 Å². The number of aromatic amines is 1.